The number of carbonyl (C=O) groups is 1. The highest BCUT2D eigenvalue weighted by molar-refractivity contribution is 5.95. The van der Waals surface area contributed by atoms with Gasteiger partial charge in [-0.2, -0.15) is 5.10 Å². The van der Waals surface area contributed by atoms with E-state index in [2.05, 4.69) is 10.1 Å². The van der Waals surface area contributed by atoms with Gasteiger partial charge in [0.2, 0.25) is 5.95 Å². The van der Waals surface area contributed by atoms with Gasteiger partial charge in [-0.15, -0.1) is 0 Å². The number of hydrogen-bond acceptors (Lipinski definition) is 5. The smallest absolute Gasteiger partial charge is 0.257 e. The molecule has 7 nitrogen and oxygen atoms in total. The molecule has 30 heavy (non-hydrogen) atoms. The summed E-state index contributed by atoms with van der Waals surface area (Å²) < 4.78 is 15.1. The molecular formula is C22H25FN6O. The number of anilines is 1. The molecule has 0 bridgehead atoms. The molecule has 8 heteroatoms. The van der Waals surface area contributed by atoms with E-state index in [0.29, 0.717) is 23.8 Å². The van der Waals surface area contributed by atoms with Gasteiger partial charge in [0.05, 0.1) is 23.0 Å². The predicted molar refractivity (Wildman–Crippen MR) is 113 cm³/mol. The molecule has 1 amide bonds. The standard InChI is InChI=1S/C22H25FN6O/c1-14-18(13-28(4)26-14)21(30)29-11-5-6-19(29)20-17(12-24-22(25-20)27(2)3)15-7-9-16(23)10-8-15/h7-10,12-13,19H,5-6,11H2,1-4H3/t19-/m0/s1. The summed E-state index contributed by atoms with van der Waals surface area (Å²) in [5.74, 6) is 0.238. The first-order valence-electron chi connectivity index (χ1n) is 9.96. The summed E-state index contributed by atoms with van der Waals surface area (Å²) >= 11 is 0. The Kier molecular flexibility index (Phi) is 5.24. The third kappa shape index (κ3) is 3.65. The zero-order valence-electron chi connectivity index (χ0n) is 17.6. The number of nitrogens with zero attached hydrogens (tertiary/aromatic N) is 6. The minimum atomic E-state index is -0.296. The molecule has 3 aromatic rings. The highest BCUT2D eigenvalue weighted by Crippen LogP contribution is 2.38. The van der Waals surface area contributed by atoms with Crippen molar-refractivity contribution >= 4 is 11.9 Å². The maximum atomic E-state index is 13.5. The Balaban J connectivity index is 1.78. The maximum absolute atomic E-state index is 13.5. The van der Waals surface area contributed by atoms with Crippen molar-refractivity contribution in [3.05, 3.63) is 59.4 Å². The number of carbonyl (C=O) groups excluding carboxylic acids is 1. The third-order valence-corrected chi connectivity index (χ3v) is 5.43. The molecular weight excluding hydrogens is 383 g/mol. The van der Waals surface area contributed by atoms with E-state index in [1.165, 1.54) is 12.1 Å². The molecule has 1 aliphatic rings. The van der Waals surface area contributed by atoms with Crippen LogP contribution in [0.2, 0.25) is 0 Å². The highest BCUT2D eigenvalue weighted by Gasteiger charge is 2.35. The summed E-state index contributed by atoms with van der Waals surface area (Å²) in [6.07, 6.45) is 5.23. The van der Waals surface area contributed by atoms with Crippen molar-refractivity contribution in [2.45, 2.75) is 25.8 Å². The first kappa shape index (κ1) is 20.0. The molecule has 1 aliphatic heterocycles. The predicted octanol–water partition coefficient (Wildman–Crippen LogP) is 3.37. The molecule has 156 valence electrons. The monoisotopic (exact) mass is 408 g/mol. The number of aromatic nitrogens is 4. The molecule has 2 aromatic heterocycles. The van der Waals surface area contributed by atoms with Crippen molar-refractivity contribution in [1.82, 2.24) is 24.6 Å². The number of amides is 1. The summed E-state index contributed by atoms with van der Waals surface area (Å²) in [5, 5.41) is 4.31. The van der Waals surface area contributed by atoms with E-state index in [1.54, 1.807) is 29.2 Å². The van der Waals surface area contributed by atoms with Crippen LogP contribution in [0.25, 0.3) is 11.1 Å². The van der Waals surface area contributed by atoms with Gasteiger partial charge < -0.3 is 9.80 Å². The van der Waals surface area contributed by atoms with Gasteiger partial charge >= 0.3 is 0 Å². The van der Waals surface area contributed by atoms with Crippen LogP contribution in [0.1, 0.15) is 40.6 Å². The SMILES string of the molecule is Cc1nn(C)cc1C(=O)N1CCC[C@H]1c1nc(N(C)C)ncc1-c1ccc(F)cc1. The Morgan fingerprint density at radius 2 is 1.97 bits per heavy atom. The average molecular weight is 408 g/mol. The molecule has 1 aromatic carbocycles. The molecule has 0 aliphatic carbocycles. The first-order valence-corrected chi connectivity index (χ1v) is 9.96. The second-order valence-corrected chi connectivity index (χ2v) is 7.83. The number of aryl methyl sites for hydroxylation is 2. The largest absolute Gasteiger partial charge is 0.347 e. The lowest BCUT2D eigenvalue weighted by atomic mass is 9.99. The molecule has 1 saturated heterocycles. The number of likely N-dealkylation sites (tertiary alicyclic amines) is 1. The lowest BCUT2D eigenvalue weighted by Gasteiger charge is -2.26. The molecule has 0 spiro atoms. The van der Waals surface area contributed by atoms with Gasteiger partial charge in [-0.25, -0.2) is 14.4 Å². The Bertz CT molecular complexity index is 1080. The zero-order chi connectivity index (χ0) is 21.4. The quantitative estimate of drug-likeness (QED) is 0.662. The van der Waals surface area contributed by atoms with E-state index in [1.807, 2.05) is 37.9 Å². The van der Waals surface area contributed by atoms with Crippen LogP contribution in [0.5, 0.6) is 0 Å². The summed E-state index contributed by atoms with van der Waals surface area (Å²) in [6, 6.07) is 6.11. The van der Waals surface area contributed by atoms with Crippen molar-refractivity contribution in [3.63, 3.8) is 0 Å². The summed E-state index contributed by atoms with van der Waals surface area (Å²) in [6.45, 7) is 2.50. The van der Waals surface area contributed by atoms with Crippen LogP contribution in [-0.4, -0.2) is 51.2 Å². The normalized spacial score (nSPS) is 16.2. The van der Waals surface area contributed by atoms with Crippen LogP contribution in [-0.2, 0) is 7.05 Å². The van der Waals surface area contributed by atoms with Gasteiger partial charge in [0.1, 0.15) is 5.82 Å². The molecule has 4 rings (SSSR count). The van der Waals surface area contributed by atoms with E-state index in [-0.39, 0.29) is 17.8 Å². The summed E-state index contributed by atoms with van der Waals surface area (Å²) in [7, 11) is 5.58. The Morgan fingerprint density at radius 3 is 2.60 bits per heavy atom. The van der Waals surface area contributed by atoms with Crippen molar-refractivity contribution in [2.75, 3.05) is 25.5 Å². The van der Waals surface area contributed by atoms with Crippen LogP contribution < -0.4 is 4.90 Å². The van der Waals surface area contributed by atoms with Crippen molar-refractivity contribution in [1.29, 1.82) is 0 Å². The summed E-state index contributed by atoms with van der Waals surface area (Å²) in [4.78, 5) is 26.3. The van der Waals surface area contributed by atoms with Crippen LogP contribution in [0, 0.1) is 12.7 Å². The Morgan fingerprint density at radius 1 is 1.23 bits per heavy atom. The average Bonchev–Trinajstić information content (AvgIpc) is 3.34. The molecule has 3 heterocycles. The maximum Gasteiger partial charge on any atom is 0.257 e. The fourth-order valence-electron chi connectivity index (χ4n) is 3.96. The second-order valence-electron chi connectivity index (χ2n) is 7.83. The third-order valence-electron chi connectivity index (χ3n) is 5.43. The van der Waals surface area contributed by atoms with Crippen LogP contribution in [0.4, 0.5) is 10.3 Å². The molecule has 0 radical (unpaired) electrons. The van der Waals surface area contributed by atoms with Gasteiger partial charge in [-0.3, -0.25) is 9.48 Å². The zero-order valence-corrected chi connectivity index (χ0v) is 17.6. The lowest BCUT2D eigenvalue weighted by Crippen LogP contribution is -2.32. The number of benzene rings is 1. The van der Waals surface area contributed by atoms with Crippen LogP contribution in [0.3, 0.4) is 0 Å². The van der Waals surface area contributed by atoms with E-state index < -0.39 is 0 Å². The van der Waals surface area contributed by atoms with E-state index >= 15 is 0 Å². The molecule has 0 saturated carbocycles. The topological polar surface area (TPSA) is 67.2 Å². The molecule has 1 atom stereocenters. The van der Waals surface area contributed by atoms with Crippen LogP contribution >= 0.6 is 0 Å². The highest BCUT2D eigenvalue weighted by atomic mass is 19.1. The fourth-order valence-corrected chi connectivity index (χ4v) is 3.96. The molecule has 0 N–H and O–H groups in total. The van der Waals surface area contributed by atoms with Crippen molar-refractivity contribution in [3.8, 4) is 11.1 Å². The van der Waals surface area contributed by atoms with Gasteiger partial charge in [0.15, 0.2) is 0 Å². The van der Waals surface area contributed by atoms with E-state index in [9.17, 15) is 9.18 Å². The van der Waals surface area contributed by atoms with Crippen molar-refractivity contribution in [2.24, 2.45) is 7.05 Å². The van der Waals surface area contributed by atoms with Gasteiger partial charge in [0.25, 0.3) is 5.91 Å². The first-order chi connectivity index (χ1) is 14.3. The minimum Gasteiger partial charge on any atom is -0.347 e. The van der Waals surface area contributed by atoms with E-state index in [4.69, 9.17) is 4.98 Å². The van der Waals surface area contributed by atoms with E-state index in [0.717, 1.165) is 29.7 Å². The lowest BCUT2D eigenvalue weighted by molar-refractivity contribution is 0.0732. The molecule has 1 fully saturated rings. The number of rotatable bonds is 4. The fraction of sp³-hybridized carbons (Fsp3) is 0.364. The minimum absolute atomic E-state index is 0.0434. The van der Waals surface area contributed by atoms with Gasteiger partial charge in [-0.05, 0) is 37.5 Å². The van der Waals surface area contributed by atoms with Gasteiger partial charge in [-0.1, -0.05) is 12.1 Å². The molecule has 0 unspecified atom stereocenters. The summed E-state index contributed by atoms with van der Waals surface area (Å²) in [5.41, 5.74) is 3.74. The van der Waals surface area contributed by atoms with Crippen molar-refractivity contribution < 1.29 is 9.18 Å². The van der Waals surface area contributed by atoms with Gasteiger partial charge in [0, 0.05) is 45.6 Å². The Hall–Kier alpha value is -3.29. The second kappa shape index (κ2) is 7.85. The number of halogens is 1. The number of hydrogen-bond donors (Lipinski definition) is 0. The Labute approximate surface area is 175 Å². The van der Waals surface area contributed by atoms with Crippen LogP contribution in [0.15, 0.2) is 36.7 Å².